The topological polar surface area (TPSA) is 122 Å². The molecule has 2 aromatic rings. The van der Waals surface area contributed by atoms with E-state index in [-0.39, 0.29) is 35.8 Å². The zero-order valence-corrected chi connectivity index (χ0v) is 22.6. The number of carbonyl (C=O) groups is 4. The standard InChI is InChI=1S/C26H32N2O6S2/c1-26(2,3)15-8-9-18-19(12-15)36-24(23(18)25(33)34-4)28-21(30)14-35-17-7-5-6-16(13-17)27-20(29)10-11-22(31)32/h5-7,13,15H,8-12,14H2,1-4H3,(H,27,29)(H,28,30)(H,31,32). The number of nitrogens with one attached hydrogen (secondary N) is 2. The Morgan fingerprint density at radius 3 is 2.56 bits per heavy atom. The number of aliphatic carboxylic acids is 1. The van der Waals surface area contributed by atoms with Crippen molar-refractivity contribution in [3.05, 3.63) is 40.3 Å². The Labute approximate surface area is 219 Å². The first-order valence-corrected chi connectivity index (χ1v) is 13.5. The van der Waals surface area contributed by atoms with Crippen LogP contribution in [0.15, 0.2) is 29.2 Å². The average molecular weight is 533 g/mol. The molecule has 10 heteroatoms. The van der Waals surface area contributed by atoms with Crippen molar-refractivity contribution >= 4 is 57.5 Å². The highest BCUT2D eigenvalue weighted by molar-refractivity contribution is 8.00. The van der Waals surface area contributed by atoms with E-state index in [0.29, 0.717) is 22.2 Å². The zero-order chi connectivity index (χ0) is 26.5. The van der Waals surface area contributed by atoms with E-state index in [1.807, 2.05) is 6.07 Å². The van der Waals surface area contributed by atoms with Gasteiger partial charge in [0.25, 0.3) is 0 Å². The Morgan fingerprint density at radius 1 is 1.14 bits per heavy atom. The summed E-state index contributed by atoms with van der Waals surface area (Å²) in [5, 5.41) is 14.8. The molecule has 1 aliphatic carbocycles. The molecule has 36 heavy (non-hydrogen) atoms. The molecular weight excluding hydrogens is 500 g/mol. The van der Waals surface area contributed by atoms with Gasteiger partial charge < -0.3 is 20.5 Å². The fraction of sp³-hybridized carbons (Fsp3) is 0.462. The van der Waals surface area contributed by atoms with Gasteiger partial charge >= 0.3 is 11.9 Å². The van der Waals surface area contributed by atoms with Crippen LogP contribution in [0.4, 0.5) is 10.7 Å². The van der Waals surface area contributed by atoms with Crippen molar-refractivity contribution in [1.29, 1.82) is 0 Å². The van der Waals surface area contributed by atoms with Crippen molar-refractivity contribution in [1.82, 2.24) is 0 Å². The molecule has 0 aliphatic heterocycles. The third-order valence-electron chi connectivity index (χ3n) is 6.19. The molecule has 0 saturated carbocycles. The number of rotatable bonds is 9. The number of fused-ring (bicyclic) bond motifs is 1. The van der Waals surface area contributed by atoms with Crippen molar-refractivity contribution in [2.75, 3.05) is 23.5 Å². The number of esters is 1. The second kappa shape index (κ2) is 11.9. The number of thioether (sulfide) groups is 1. The van der Waals surface area contributed by atoms with Gasteiger partial charge in [-0.1, -0.05) is 26.8 Å². The van der Waals surface area contributed by atoms with Crippen molar-refractivity contribution in [2.24, 2.45) is 11.3 Å². The van der Waals surface area contributed by atoms with Crippen LogP contribution in [0, 0.1) is 11.3 Å². The van der Waals surface area contributed by atoms with Crippen molar-refractivity contribution in [2.45, 2.75) is 57.8 Å². The number of hydrogen-bond donors (Lipinski definition) is 3. The zero-order valence-electron chi connectivity index (χ0n) is 20.9. The summed E-state index contributed by atoms with van der Waals surface area (Å²) in [4.78, 5) is 49.8. The van der Waals surface area contributed by atoms with Gasteiger partial charge in [0.2, 0.25) is 11.8 Å². The average Bonchev–Trinajstić information content (AvgIpc) is 3.17. The minimum absolute atomic E-state index is 0.112. The van der Waals surface area contributed by atoms with Gasteiger partial charge in [-0.25, -0.2) is 4.79 Å². The van der Waals surface area contributed by atoms with Crippen LogP contribution in [0.3, 0.4) is 0 Å². The Hall–Kier alpha value is -2.85. The monoisotopic (exact) mass is 532 g/mol. The first kappa shape index (κ1) is 27.7. The maximum absolute atomic E-state index is 12.8. The molecule has 8 nitrogen and oxygen atoms in total. The fourth-order valence-electron chi connectivity index (χ4n) is 4.15. The molecule has 194 valence electrons. The highest BCUT2D eigenvalue weighted by Crippen LogP contribution is 2.44. The van der Waals surface area contributed by atoms with E-state index in [4.69, 9.17) is 9.84 Å². The first-order valence-electron chi connectivity index (χ1n) is 11.7. The summed E-state index contributed by atoms with van der Waals surface area (Å²) in [5.74, 6) is -1.47. The summed E-state index contributed by atoms with van der Waals surface area (Å²) in [5.41, 5.74) is 2.15. The molecule has 1 unspecified atom stereocenters. The lowest BCUT2D eigenvalue weighted by atomic mass is 9.72. The molecule has 1 aliphatic rings. The summed E-state index contributed by atoms with van der Waals surface area (Å²) in [7, 11) is 1.35. The minimum Gasteiger partial charge on any atom is -0.481 e. The lowest BCUT2D eigenvalue weighted by molar-refractivity contribution is -0.138. The smallest absolute Gasteiger partial charge is 0.341 e. The van der Waals surface area contributed by atoms with Crippen molar-refractivity contribution in [3.63, 3.8) is 0 Å². The van der Waals surface area contributed by atoms with Crippen LogP contribution in [-0.4, -0.2) is 41.7 Å². The van der Waals surface area contributed by atoms with E-state index in [0.717, 1.165) is 34.6 Å². The molecule has 3 rings (SSSR count). The quantitative estimate of drug-likeness (QED) is 0.299. The fourth-order valence-corrected chi connectivity index (χ4v) is 6.24. The number of thiophene rings is 1. The van der Waals surface area contributed by atoms with Crippen molar-refractivity contribution < 1.29 is 29.0 Å². The van der Waals surface area contributed by atoms with Gasteiger partial charge in [-0.3, -0.25) is 14.4 Å². The summed E-state index contributed by atoms with van der Waals surface area (Å²) in [6.45, 7) is 6.69. The maximum atomic E-state index is 12.8. The molecule has 0 saturated heterocycles. The Bertz CT molecular complexity index is 1150. The summed E-state index contributed by atoms with van der Waals surface area (Å²) in [6, 6.07) is 7.00. The lowest BCUT2D eigenvalue weighted by Gasteiger charge is -2.33. The molecule has 1 aromatic carbocycles. The van der Waals surface area contributed by atoms with Gasteiger partial charge in [0.05, 0.1) is 24.8 Å². The Kier molecular flexibility index (Phi) is 9.19. The first-order chi connectivity index (χ1) is 17.0. The Morgan fingerprint density at radius 2 is 1.89 bits per heavy atom. The number of carboxylic acid groups (broad SMARTS) is 1. The summed E-state index contributed by atoms with van der Waals surface area (Å²) < 4.78 is 5.03. The highest BCUT2D eigenvalue weighted by Gasteiger charge is 2.34. The van der Waals surface area contributed by atoms with Crippen LogP contribution in [0.5, 0.6) is 0 Å². The second-order valence-corrected chi connectivity index (χ2v) is 12.0. The third-order valence-corrected chi connectivity index (χ3v) is 8.35. The number of methoxy groups -OCH3 is 1. The SMILES string of the molecule is COC(=O)c1c(NC(=O)CSc2cccc(NC(=O)CCC(=O)O)c2)sc2c1CCC(C(C)(C)C)C2. The van der Waals surface area contributed by atoms with Gasteiger partial charge in [0, 0.05) is 21.9 Å². The minimum atomic E-state index is -1.03. The number of amides is 2. The van der Waals surface area contributed by atoms with Gasteiger partial charge in [-0.15, -0.1) is 23.1 Å². The predicted octanol–water partition coefficient (Wildman–Crippen LogP) is 5.22. The molecule has 3 N–H and O–H groups in total. The molecule has 1 aromatic heterocycles. The van der Waals surface area contributed by atoms with Crippen molar-refractivity contribution in [3.8, 4) is 0 Å². The second-order valence-electron chi connectivity index (χ2n) is 9.81. The third kappa shape index (κ3) is 7.33. The lowest BCUT2D eigenvalue weighted by Crippen LogP contribution is -2.26. The van der Waals surface area contributed by atoms with Gasteiger partial charge in [-0.05, 0) is 54.4 Å². The molecule has 1 heterocycles. The number of carbonyl (C=O) groups excluding carboxylic acids is 3. The molecule has 0 fully saturated rings. The van der Waals surface area contributed by atoms with Crippen LogP contribution in [0.1, 0.15) is 60.8 Å². The Balaban J connectivity index is 1.65. The molecule has 0 radical (unpaired) electrons. The van der Waals surface area contributed by atoms with E-state index < -0.39 is 11.9 Å². The maximum Gasteiger partial charge on any atom is 0.341 e. The van der Waals surface area contributed by atoms with Crippen LogP contribution in [0.2, 0.25) is 0 Å². The largest absolute Gasteiger partial charge is 0.481 e. The normalized spacial score (nSPS) is 15.1. The van der Waals surface area contributed by atoms with Gasteiger partial charge in [0.1, 0.15) is 5.00 Å². The van der Waals surface area contributed by atoms with E-state index in [9.17, 15) is 19.2 Å². The molecule has 1 atom stereocenters. The number of benzene rings is 1. The van der Waals surface area contributed by atoms with E-state index in [2.05, 4.69) is 31.4 Å². The van der Waals surface area contributed by atoms with Crippen LogP contribution in [-0.2, 0) is 32.0 Å². The number of ether oxygens (including phenoxy) is 1. The van der Waals surface area contributed by atoms with E-state index in [1.165, 1.54) is 30.2 Å². The molecule has 0 bridgehead atoms. The molecule has 0 spiro atoms. The number of anilines is 2. The summed E-state index contributed by atoms with van der Waals surface area (Å²) >= 11 is 2.76. The summed E-state index contributed by atoms with van der Waals surface area (Å²) in [6.07, 6.45) is 2.30. The van der Waals surface area contributed by atoms with Gasteiger partial charge in [-0.2, -0.15) is 0 Å². The van der Waals surface area contributed by atoms with Gasteiger partial charge in [0.15, 0.2) is 0 Å². The highest BCUT2D eigenvalue weighted by atomic mass is 32.2. The van der Waals surface area contributed by atoms with Crippen LogP contribution < -0.4 is 10.6 Å². The van der Waals surface area contributed by atoms with Crippen LogP contribution >= 0.6 is 23.1 Å². The number of carboxylic acids is 1. The van der Waals surface area contributed by atoms with E-state index in [1.54, 1.807) is 18.2 Å². The molecule has 2 amide bonds. The number of hydrogen-bond acceptors (Lipinski definition) is 7. The predicted molar refractivity (Wildman–Crippen MR) is 142 cm³/mol. The molecular formula is C26H32N2O6S2. The van der Waals surface area contributed by atoms with Crippen LogP contribution in [0.25, 0.3) is 0 Å². The van der Waals surface area contributed by atoms with E-state index >= 15 is 0 Å².